The molecule has 20 heavy (non-hydrogen) atoms. The summed E-state index contributed by atoms with van der Waals surface area (Å²) < 4.78 is 5.41. The Labute approximate surface area is 122 Å². The van der Waals surface area contributed by atoms with Crippen molar-refractivity contribution in [2.24, 2.45) is 5.41 Å². The highest BCUT2D eigenvalue weighted by atomic mass is 16.5. The lowest BCUT2D eigenvalue weighted by Crippen LogP contribution is -2.42. The second-order valence-corrected chi connectivity index (χ2v) is 6.23. The fourth-order valence-electron chi connectivity index (χ4n) is 2.99. The predicted molar refractivity (Wildman–Crippen MR) is 81.9 cm³/mol. The molecule has 1 aromatic rings. The summed E-state index contributed by atoms with van der Waals surface area (Å²) in [5, 5.41) is 13.3. The molecule has 1 heterocycles. The van der Waals surface area contributed by atoms with Crippen molar-refractivity contribution in [2.75, 3.05) is 26.4 Å². The summed E-state index contributed by atoms with van der Waals surface area (Å²) >= 11 is 0. The van der Waals surface area contributed by atoms with E-state index in [4.69, 9.17) is 4.74 Å². The molecule has 0 saturated carbocycles. The van der Waals surface area contributed by atoms with Crippen LogP contribution in [-0.4, -0.2) is 31.5 Å². The Morgan fingerprint density at radius 1 is 1.30 bits per heavy atom. The lowest BCUT2D eigenvalue weighted by Gasteiger charge is -2.36. The topological polar surface area (TPSA) is 41.5 Å². The first kappa shape index (κ1) is 15.5. The summed E-state index contributed by atoms with van der Waals surface area (Å²) in [7, 11) is 0. The minimum absolute atomic E-state index is 0.00882. The number of ether oxygens (including phenoxy) is 1. The van der Waals surface area contributed by atoms with E-state index in [-0.39, 0.29) is 12.0 Å². The van der Waals surface area contributed by atoms with Crippen molar-refractivity contribution in [3.63, 3.8) is 0 Å². The van der Waals surface area contributed by atoms with E-state index in [1.807, 2.05) is 0 Å². The molecule has 0 radical (unpaired) electrons. The minimum atomic E-state index is -0.00882. The highest BCUT2D eigenvalue weighted by molar-refractivity contribution is 5.32. The summed E-state index contributed by atoms with van der Waals surface area (Å²) in [6.45, 7) is 9.10. The van der Waals surface area contributed by atoms with Gasteiger partial charge in [-0.2, -0.15) is 0 Å². The van der Waals surface area contributed by atoms with Crippen LogP contribution >= 0.6 is 0 Å². The van der Waals surface area contributed by atoms with Gasteiger partial charge in [-0.05, 0) is 44.7 Å². The maximum Gasteiger partial charge on any atom is 0.0501 e. The number of aliphatic hydroxyl groups is 1. The highest BCUT2D eigenvalue weighted by Crippen LogP contribution is 2.30. The van der Waals surface area contributed by atoms with Crippen LogP contribution in [0.3, 0.4) is 0 Å². The van der Waals surface area contributed by atoms with E-state index in [0.717, 1.165) is 32.6 Å². The average molecular weight is 277 g/mol. The molecule has 0 amide bonds. The minimum Gasteiger partial charge on any atom is -0.396 e. The number of aryl methyl sites for hydroxylation is 2. The molecule has 1 aliphatic rings. The first-order valence-electron chi connectivity index (χ1n) is 7.55. The Morgan fingerprint density at radius 2 is 2.00 bits per heavy atom. The normalized spacial score (nSPS) is 19.8. The van der Waals surface area contributed by atoms with E-state index in [1.165, 1.54) is 16.7 Å². The summed E-state index contributed by atoms with van der Waals surface area (Å²) in [6.07, 6.45) is 1.88. The standard InChI is InChI=1S/C17H27NO2/c1-13-4-5-16(14(2)10-13)15(3)18-11-17(12-19)6-8-20-9-7-17/h4-5,10,15,18-19H,6-9,11-12H2,1-3H3. The average Bonchev–Trinajstić information content (AvgIpc) is 2.46. The van der Waals surface area contributed by atoms with Crippen molar-refractivity contribution in [3.8, 4) is 0 Å². The number of hydrogen-bond acceptors (Lipinski definition) is 3. The molecule has 3 heteroatoms. The molecular weight excluding hydrogens is 250 g/mol. The van der Waals surface area contributed by atoms with Gasteiger partial charge in [-0.3, -0.25) is 0 Å². The van der Waals surface area contributed by atoms with Crippen LogP contribution in [0.5, 0.6) is 0 Å². The zero-order valence-corrected chi connectivity index (χ0v) is 12.9. The third kappa shape index (κ3) is 3.60. The van der Waals surface area contributed by atoms with Crippen molar-refractivity contribution in [1.29, 1.82) is 0 Å². The Bertz CT molecular complexity index is 439. The Morgan fingerprint density at radius 3 is 2.60 bits per heavy atom. The number of benzene rings is 1. The zero-order chi connectivity index (χ0) is 14.6. The van der Waals surface area contributed by atoms with Crippen LogP contribution in [-0.2, 0) is 4.74 Å². The van der Waals surface area contributed by atoms with Gasteiger partial charge in [0.2, 0.25) is 0 Å². The first-order valence-corrected chi connectivity index (χ1v) is 7.55. The van der Waals surface area contributed by atoms with Crippen LogP contribution < -0.4 is 5.32 Å². The number of hydrogen-bond donors (Lipinski definition) is 2. The molecule has 3 nitrogen and oxygen atoms in total. The van der Waals surface area contributed by atoms with Gasteiger partial charge < -0.3 is 15.2 Å². The number of aliphatic hydroxyl groups excluding tert-OH is 1. The smallest absolute Gasteiger partial charge is 0.0501 e. The van der Waals surface area contributed by atoms with Crippen LogP contribution in [0.15, 0.2) is 18.2 Å². The third-order valence-electron chi connectivity index (χ3n) is 4.56. The van der Waals surface area contributed by atoms with Gasteiger partial charge in [0.05, 0.1) is 6.61 Å². The molecule has 112 valence electrons. The van der Waals surface area contributed by atoms with Crippen LogP contribution in [0.25, 0.3) is 0 Å². The molecule has 2 rings (SSSR count). The Hall–Kier alpha value is -0.900. The van der Waals surface area contributed by atoms with Crippen LogP contribution in [0, 0.1) is 19.3 Å². The largest absolute Gasteiger partial charge is 0.396 e. The van der Waals surface area contributed by atoms with Gasteiger partial charge in [-0.1, -0.05) is 23.8 Å². The van der Waals surface area contributed by atoms with Gasteiger partial charge in [-0.15, -0.1) is 0 Å². The number of rotatable bonds is 5. The van der Waals surface area contributed by atoms with E-state index in [0.29, 0.717) is 6.04 Å². The van der Waals surface area contributed by atoms with Crippen LogP contribution in [0.4, 0.5) is 0 Å². The summed E-state index contributed by atoms with van der Waals surface area (Å²) in [5.74, 6) is 0. The fraction of sp³-hybridized carbons (Fsp3) is 0.647. The maximum absolute atomic E-state index is 9.72. The monoisotopic (exact) mass is 277 g/mol. The molecule has 1 saturated heterocycles. The molecule has 0 aromatic heterocycles. The predicted octanol–water partition coefficient (Wildman–Crippen LogP) is 2.74. The van der Waals surface area contributed by atoms with Crippen molar-refractivity contribution >= 4 is 0 Å². The van der Waals surface area contributed by atoms with Crippen LogP contribution in [0.2, 0.25) is 0 Å². The Kier molecular flexibility index (Phi) is 5.19. The van der Waals surface area contributed by atoms with E-state index in [9.17, 15) is 5.11 Å². The zero-order valence-electron chi connectivity index (χ0n) is 12.9. The van der Waals surface area contributed by atoms with E-state index in [1.54, 1.807) is 0 Å². The second kappa shape index (κ2) is 6.70. The first-order chi connectivity index (χ1) is 9.56. The van der Waals surface area contributed by atoms with Gasteiger partial charge in [-0.25, -0.2) is 0 Å². The maximum atomic E-state index is 9.72. The molecule has 0 spiro atoms. The van der Waals surface area contributed by atoms with Crippen molar-refractivity contribution in [1.82, 2.24) is 5.32 Å². The summed E-state index contributed by atoms with van der Waals surface area (Å²) in [6, 6.07) is 6.90. The van der Waals surface area contributed by atoms with Crippen molar-refractivity contribution in [2.45, 2.75) is 39.7 Å². The van der Waals surface area contributed by atoms with Gasteiger partial charge in [0.15, 0.2) is 0 Å². The molecule has 1 atom stereocenters. The second-order valence-electron chi connectivity index (χ2n) is 6.23. The van der Waals surface area contributed by atoms with Crippen LogP contribution in [0.1, 0.15) is 42.5 Å². The van der Waals surface area contributed by atoms with Gasteiger partial charge in [0.1, 0.15) is 0 Å². The van der Waals surface area contributed by atoms with Gasteiger partial charge in [0.25, 0.3) is 0 Å². The fourth-order valence-corrected chi connectivity index (χ4v) is 2.99. The van der Waals surface area contributed by atoms with E-state index >= 15 is 0 Å². The SMILES string of the molecule is Cc1ccc(C(C)NCC2(CO)CCOCC2)c(C)c1. The Balaban J connectivity index is 1.98. The lowest BCUT2D eigenvalue weighted by molar-refractivity contribution is -0.0163. The molecule has 0 aliphatic carbocycles. The van der Waals surface area contributed by atoms with Crippen molar-refractivity contribution < 1.29 is 9.84 Å². The molecule has 2 N–H and O–H groups in total. The van der Waals surface area contributed by atoms with Crippen molar-refractivity contribution in [3.05, 3.63) is 34.9 Å². The quantitative estimate of drug-likeness (QED) is 0.869. The lowest BCUT2D eigenvalue weighted by atomic mass is 9.80. The molecule has 1 unspecified atom stereocenters. The molecule has 0 bridgehead atoms. The molecule has 1 aliphatic heterocycles. The van der Waals surface area contributed by atoms with E-state index < -0.39 is 0 Å². The molecule has 1 fully saturated rings. The van der Waals surface area contributed by atoms with Gasteiger partial charge in [0, 0.05) is 31.2 Å². The number of nitrogens with one attached hydrogen (secondary N) is 1. The third-order valence-corrected chi connectivity index (χ3v) is 4.56. The summed E-state index contributed by atoms with van der Waals surface area (Å²) in [4.78, 5) is 0. The highest BCUT2D eigenvalue weighted by Gasteiger charge is 2.32. The molecule has 1 aromatic carbocycles. The van der Waals surface area contributed by atoms with E-state index in [2.05, 4.69) is 44.3 Å². The van der Waals surface area contributed by atoms with Gasteiger partial charge >= 0.3 is 0 Å². The molecular formula is C17H27NO2. The summed E-state index contributed by atoms with van der Waals surface area (Å²) in [5.41, 5.74) is 3.96.